The number of aliphatic hydroxyl groups excluding tert-OH is 8. The molecule has 0 aliphatic carbocycles. The van der Waals surface area contributed by atoms with Crippen LogP contribution in [0.3, 0.4) is 0 Å². The summed E-state index contributed by atoms with van der Waals surface area (Å²) in [4.78, 5) is 13.4. The third-order valence-electron chi connectivity index (χ3n) is 17.9. The minimum absolute atomic E-state index is 0.237. The molecule has 2 fully saturated rings. The molecule has 2 saturated heterocycles. The van der Waals surface area contributed by atoms with Crippen molar-refractivity contribution in [1.82, 2.24) is 5.32 Å². The van der Waals surface area contributed by atoms with Gasteiger partial charge >= 0.3 is 0 Å². The van der Waals surface area contributed by atoms with E-state index in [4.69, 9.17) is 18.9 Å². The first kappa shape index (κ1) is 83.5. The van der Waals surface area contributed by atoms with Crippen molar-refractivity contribution >= 4 is 5.91 Å². The van der Waals surface area contributed by atoms with E-state index in [0.717, 1.165) is 70.6 Å². The van der Waals surface area contributed by atoms with Crippen LogP contribution in [0.2, 0.25) is 0 Å². The molecule has 0 bridgehead atoms. The number of allylic oxidation sites excluding steroid dienone is 11. The first-order valence-electron chi connectivity index (χ1n) is 37.2. The van der Waals surface area contributed by atoms with E-state index < -0.39 is 86.8 Å². The van der Waals surface area contributed by atoms with Gasteiger partial charge in [-0.3, -0.25) is 4.79 Å². The highest BCUT2D eigenvalue weighted by atomic mass is 16.7. The van der Waals surface area contributed by atoms with Crippen LogP contribution in [-0.2, 0) is 23.7 Å². The summed E-state index contributed by atoms with van der Waals surface area (Å²) in [5, 5.41) is 87.6. The van der Waals surface area contributed by atoms with Crippen molar-refractivity contribution in [2.75, 3.05) is 19.8 Å². The van der Waals surface area contributed by atoms with E-state index in [1.165, 1.54) is 212 Å². The Morgan fingerprint density at radius 1 is 0.411 bits per heavy atom. The van der Waals surface area contributed by atoms with Crippen LogP contribution in [0.5, 0.6) is 0 Å². The van der Waals surface area contributed by atoms with E-state index in [9.17, 15) is 45.6 Å². The molecule has 2 rings (SSSR count). The molecule has 12 unspecified atom stereocenters. The highest BCUT2D eigenvalue weighted by molar-refractivity contribution is 5.76. The predicted molar refractivity (Wildman–Crippen MR) is 369 cm³/mol. The van der Waals surface area contributed by atoms with E-state index >= 15 is 0 Å². The molecule has 12 atom stereocenters. The van der Waals surface area contributed by atoms with Gasteiger partial charge in [-0.25, -0.2) is 0 Å². The van der Waals surface area contributed by atoms with Gasteiger partial charge in [-0.1, -0.05) is 311 Å². The average Bonchev–Trinajstić information content (AvgIpc) is 1.42. The molecule has 9 N–H and O–H groups in total. The maximum absolute atomic E-state index is 13.4. The van der Waals surface area contributed by atoms with Crippen molar-refractivity contribution in [3.8, 4) is 0 Å². The van der Waals surface area contributed by atoms with Gasteiger partial charge in [-0.05, 0) is 64.2 Å². The largest absolute Gasteiger partial charge is 0.394 e. The first-order chi connectivity index (χ1) is 44.1. The fourth-order valence-electron chi connectivity index (χ4n) is 12.0. The molecule has 14 nitrogen and oxygen atoms in total. The maximum Gasteiger partial charge on any atom is 0.220 e. The zero-order valence-electron chi connectivity index (χ0n) is 57.1. The van der Waals surface area contributed by atoms with Crippen LogP contribution < -0.4 is 5.32 Å². The van der Waals surface area contributed by atoms with Crippen molar-refractivity contribution in [1.29, 1.82) is 0 Å². The fraction of sp³-hybridized carbons (Fsp3) is 0.829. The van der Waals surface area contributed by atoms with Crippen molar-refractivity contribution in [3.05, 3.63) is 72.9 Å². The predicted octanol–water partition coefficient (Wildman–Crippen LogP) is 15.8. The highest BCUT2D eigenvalue weighted by Gasteiger charge is 2.51. The minimum atomic E-state index is -1.79. The van der Waals surface area contributed by atoms with Gasteiger partial charge in [0.1, 0.15) is 48.8 Å². The molecule has 0 aromatic carbocycles. The van der Waals surface area contributed by atoms with Gasteiger partial charge in [-0.15, -0.1) is 0 Å². The Kier molecular flexibility index (Phi) is 55.8. The lowest BCUT2D eigenvalue weighted by atomic mass is 9.97. The van der Waals surface area contributed by atoms with Gasteiger partial charge in [0.05, 0.1) is 32.0 Å². The van der Waals surface area contributed by atoms with Crippen LogP contribution in [-0.4, -0.2) is 140 Å². The molecule has 1 amide bonds. The second-order valence-corrected chi connectivity index (χ2v) is 26.0. The fourth-order valence-corrected chi connectivity index (χ4v) is 12.0. The quantitative estimate of drug-likeness (QED) is 0.0204. The molecule has 0 aromatic heterocycles. The molecule has 0 aromatic rings. The molecule has 0 spiro atoms. The van der Waals surface area contributed by atoms with E-state index in [2.05, 4.69) is 79.9 Å². The topological polar surface area (TPSA) is 228 Å². The van der Waals surface area contributed by atoms with Gasteiger partial charge in [0.15, 0.2) is 12.6 Å². The second kappa shape index (κ2) is 60.1. The van der Waals surface area contributed by atoms with Gasteiger partial charge in [0.25, 0.3) is 0 Å². The van der Waals surface area contributed by atoms with Gasteiger partial charge in [-0.2, -0.15) is 0 Å². The lowest BCUT2D eigenvalue weighted by molar-refractivity contribution is -0.359. The minimum Gasteiger partial charge on any atom is -0.394 e. The smallest absolute Gasteiger partial charge is 0.220 e. The van der Waals surface area contributed by atoms with Gasteiger partial charge < -0.3 is 65.1 Å². The Bertz CT molecular complexity index is 1790. The van der Waals surface area contributed by atoms with Crippen molar-refractivity contribution in [3.63, 3.8) is 0 Å². The Morgan fingerprint density at radius 2 is 0.767 bits per heavy atom. The van der Waals surface area contributed by atoms with Crippen molar-refractivity contribution in [2.45, 2.75) is 383 Å². The number of carbonyl (C=O) groups is 1. The lowest BCUT2D eigenvalue weighted by Crippen LogP contribution is -2.65. The number of hydrogen-bond donors (Lipinski definition) is 9. The number of carbonyl (C=O) groups excluding carboxylic acids is 1. The van der Waals surface area contributed by atoms with Crippen LogP contribution in [0.4, 0.5) is 0 Å². The highest BCUT2D eigenvalue weighted by Crippen LogP contribution is 2.30. The van der Waals surface area contributed by atoms with Crippen molar-refractivity contribution < 1.29 is 64.6 Å². The number of unbranched alkanes of at least 4 members (excludes halogenated alkanes) is 38. The number of amides is 1. The summed E-state index contributed by atoms with van der Waals surface area (Å²) < 4.78 is 22.9. The van der Waals surface area contributed by atoms with Crippen molar-refractivity contribution in [2.24, 2.45) is 0 Å². The molecule has 2 aliphatic heterocycles. The van der Waals surface area contributed by atoms with E-state index in [1.54, 1.807) is 6.08 Å². The normalized spacial score (nSPS) is 23.3. The monoisotopic (exact) mass is 1270 g/mol. The Labute approximate surface area is 548 Å². The summed E-state index contributed by atoms with van der Waals surface area (Å²) in [5.74, 6) is -0.237. The molecule has 524 valence electrons. The van der Waals surface area contributed by atoms with Crippen LogP contribution in [0.25, 0.3) is 0 Å². The molecule has 90 heavy (non-hydrogen) atoms. The van der Waals surface area contributed by atoms with Crippen LogP contribution >= 0.6 is 0 Å². The molecular weight excluding hydrogens is 1130 g/mol. The zero-order valence-corrected chi connectivity index (χ0v) is 57.1. The second-order valence-electron chi connectivity index (χ2n) is 26.0. The summed E-state index contributed by atoms with van der Waals surface area (Å²) in [5.41, 5.74) is 0. The summed E-state index contributed by atoms with van der Waals surface area (Å²) in [6, 6.07) is -0.919. The van der Waals surface area contributed by atoms with Gasteiger partial charge in [0, 0.05) is 6.42 Å². The zero-order chi connectivity index (χ0) is 65.2. The van der Waals surface area contributed by atoms with E-state index in [0.29, 0.717) is 6.42 Å². The number of nitrogens with one attached hydrogen (secondary N) is 1. The third-order valence-corrected chi connectivity index (χ3v) is 17.9. The van der Waals surface area contributed by atoms with E-state index in [-0.39, 0.29) is 18.9 Å². The summed E-state index contributed by atoms with van der Waals surface area (Å²) in [6.45, 7) is 2.73. The van der Waals surface area contributed by atoms with Crippen LogP contribution in [0.1, 0.15) is 309 Å². The number of hydrogen-bond acceptors (Lipinski definition) is 13. The Balaban J connectivity index is 1.65. The lowest BCUT2D eigenvalue weighted by Gasteiger charge is -2.46. The number of aliphatic hydroxyl groups is 8. The van der Waals surface area contributed by atoms with E-state index in [1.807, 2.05) is 6.08 Å². The Hall–Kier alpha value is -2.57. The number of ether oxygens (including phenoxy) is 4. The van der Waals surface area contributed by atoms with Crippen LogP contribution in [0, 0.1) is 0 Å². The molecule has 0 radical (unpaired) electrons. The molecule has 2 heterocycles. The molecule has 0 saturated carbocycles. The first-order valence-corrected chi connectivity index (χ1v) is 37.2. The standard InChI is InChI=1S/C76H137NO13/c1-3-5-7-9-11-13-15-17-19-21-23-25-27-29-30-31-32-33-34-36-38-40-42-44-46-48-50-52-54-56-58-60-68(81)77-64(63-87-75-73(86)71(84)74(67(62-79)89-75)90-76-72(85)70(83)69(82)66(61-78)88-76)65(80)59-57-55-53-51-49-47-45-43-41-39-37-35-28-26-24-22-20-18-16-14-12-10-8-6-4-2/h5,7,11,13,17,19,23,25,29-30,57,59,64-67,69-76,78-80,82-86H,3-4,6,8-10,12,14-16,18,20-22,24,26-28,31-56,58,60-63H2,1-2H3,(H,77,81)/b7-5-,13-11-,19-17-,25-23-,30-29-,59-57+. The summed E-state index contributed by atoms with van der Waals surface area (Å²) in [6.07, 6.45) is 65.3. The van der Waals surface area contributed by atoms with Crippen LogP contribution in [0.15, 0.2) is 72.9 Å². The molecule has 14 heteroatoms. The van der Waals surface area contributed by atoms with Gasteiger partial charge in [0.2, 0.25) is 5.91 Å². The Morgan fingerprint density at radius 3 is 1.18 bits per heavy atom. The average molecular weight is 1270 g/mol. The molecule has 2 aliphatic rings. The SMILES string of the molecule is CC/C=C\C/C=C\C/C=C\C/C=C\C/C=C\CCCCCCCCCCCCCCCCCC(=O)NC(COC1OC(CO)C(OC2OC(CO)C(O)C(O)C2O)C(O)C1O)C(O)/C=C/CCCCCCCCCCCCCCCCCCCCCCCCC. The number of rotatable bonds is 61. The third kappa shape index (κ3) is 43.4. The summed E-state index contributed by atoms with van der Waals surface area (Å²) in [7, 11) is 0. The molecular formula is C76H137NO13. The maximum atomic E-state index is 13.4. The summed E-state index contributed by atoms with van der Waals surface area (Å²) >= 11 is 0.